The number of aliphatic hydroxyl groups is 1. The van der Waals surface area contributed by atoms with Gasteiger partial charge >= 0.3 is 12.1 Å². The highest BCUT2D eigenvalue weighted by molar-refractivity contribution is 8.76. The summed E-state index contributed by atoms with van der Waals surface area (Å²) in [6.45, 7) is 12.0. The van der Waals surface area contributed by atoms with Gasteiger partial charge in [0.2, 0.25) is 41.4 Å². The van der Waals surface area contributed by atoms with Gasteiger partial charge in [-0.05, 0) is 137 Å². The van der Waals surface area contributed by atoms with Crippen LogP contribution in [0.15, 0.2) is 176 Å². The van der Waals surface area contributed by atoms with E-state index in [1.807, 2.05) is 121 Å². The summed E-state index contributed by atoms with van der Waals surface area (Å²) < 4.78 is 3.08. The minimum absolute atomic E-state index is 0.00717. The van der Waals surface area contributed by atoms with Crippen LogP contribution in [0.5, 0.6) is 5.75 Å². The number of carbonyl (C=O) groups is 10. The van der Waals surface area contributed by atoms with Crippen molar-refractivity contribution in [3.63, 3.8) is 0 Å². The molecule has 0 aromatic heterocycles. The van der Waals surface area contributed by atoms with E-state index in [2.05, 4.69) is 47.9 Å². The van der Waals surface area contributed by atoms with Crippen molar-refractivity contribution >= 4 is 98.2 Å². The molecule has 105 heavy (non-hydrogen) atoms. The molecule has 0 spiro atoms. The highest BCUT2D eigenvalue weighted by Gasteiger charge is 2.48. The van der Waals surface area contributed by atoms with Crippen LogP contribution in [0.2, 0.25) is 0 Å². The number of unbranched alkanes of at least 4 members (excludes halogenated alkanes) is 1. The van der Waals surface area contributed by atoms with Gasteiger partial charge in [-0.25, -0.2) is 9.59 Å². The minimum atomic E-state index is -1.82. The Kier molecular flexibility index (Phi) is 29.6. The van der Waals surface area contributed by atoms with E-state index in [-0.39, 0.29) is 68.9 Å². The molecule has 1 aliphatic carbocycles. The summed E-state index contributed by atoms with van der Waals surface area (Å²) in [6.07, 6.45) is -0.391. The number of nitrogens with one attached hydrogen (secondary N) is 9. The van der Waals surface area contributed by atoms with Crippen LogP contribution < -0.4 is 53.6 Å². The summed E-state index contributed by atoms with van der Waals surface area (Å²) in [5, 5.41) is 46.9. The highest BCUT2D eigenvalue weighted by atomic mass is 33.1. The molecule has 6 aromatic rings. The Morgan fingerprint density at radius 1 is 0.648 bits per heavy atom. The number of primary amides is 1. The summed E-state index contributed by atoms with van der Waals surface area (Å²) in [5.41, 5.74) is 11.8. The molecule has 26 heteroatoms. The molecule has 0 bridgehead atoms. The maximum absolute atomic E-state index is 15.5. The van der Waals surface area contributed by atoms with Crippen LogP contribution in [0.4, 0.5) is 9.59 Å². The second kappa shape index (κ2) is 38.4. The molecule has 8 rings (SSSR count). The number of nitrogens with two attached hydrogens (primary N) is 1. The average molecular weight is 1490 g/mol. The van der Waals surface area contributed by atoms with E-state index in [1.165, 1.54) is 30.8 Å². The Hall–Kier alpha value is -9.63. The molecule has 1 saturated heterocycles. The van der Waals surface area contributed by atoms with Crippen LogP contribution in [0.3, 0.4) is 0 Å². The Morgan fingerprint density at radius 2 is 1.22 bits per heavy atom. The Morgan fingerprint density at radius 3 is 1.81 bits per heavy atom. The Bertz CT molecular complexity index is 3900. The van der Waals surface area contributed by atoms with Crippen molar-refractivity contribution in [3.05, 3.63) is 215 Å². The molecule has 1 fully saturated rings. The zero-order valence-corrected chi connectivity index (χ0v) is 62.6. The van der Waals surface area contributed by atoms with Gasteiger partial charge in [0, 0.05) is 54.5 Å². The first-order chi connectivity index (χ1) is 50.1. The number of phenolic OH excluding ortho intramolecular Hbond substituents is 1. The molecule has 13 N–H and O–H groups in total. The number of urea groups is 1. The summed E-state index contributed by atoms with van der Waals surface area (Å²) in [6, 6.07) is 40.2. The van der Waals surface area contributed by atoms with Gasteiger partial charge in [0.25, 0.3) is 0 Å². The van der Waals surface area contributed by atoms with Crippen molar-refractivity contribution in [2.45, 2.75) is 163 Å². The lowest BCUT2D eigenvalue weighted by Gasteiger charge is -2.44. The number of fused-ring (bicyclic) bond motifs is 1. The largest absolute Gasteiger partial charge is 0.508 e. The average Bonchev–Trinajstić information content (AvgIpc) is 0.923. The van der Waals surface area contributed by atoms with Gasteiger partial charge < -0.3 is 68.5 Å². The first kappa shape index (κ1) is 81.0. The third-order valence-corrected chi connectivity index (χ3v) is 22.1. The molecular formula is C79H96N10O13S3. The lowest BCUT2D eigenvalue weighted by atomic mass is 9.84. The number of aromatic hydroxyl groups is 1. The standard InChI is InChI=1S/C79H96N10O13S3/c1-8-81-75(100)87-61(44-50-25-13-9-14-26-50)71(96)85-63-47-103-104-48-64(73(98)89-67(68(80)93)78(6,7)105-79(55-28-15-10-16-29-55,56-30-17-11-18-31-56)57-32-19-12-20-33-57)86-74(99)66(49(2)90)88-70(95)60(35-23-24-42-82-76(101)102-77(3,4)5)83-72(97)62(45-53-39-38-52-27-21-22-34-59(52)53)84-69(94)54(46-65(63)92)43-51-36-40-58(91)41-37-51/h9-22,25-34,36-37,39-41,49,54,60-64,66-67,90-91H,8,23-24,35,38,42-48H2,1-7H3,(H2,80,93)(H,82,101)(H,83,97)(H,84,94)(H,85,96)(H,86,99)(H,88,95)(H,89,98)(H2,81,87,100)/t49-,54-,60+,61-,62-,63+,64+,66+,67-/m1/s1. The van der Waals surface area contributed by atoms with Gasteiger partial charge in [-0.15, -0.1) is 11.8 Å². The van der Waals surface area contributed by atoms with E-state index in [0.717, 1.165) is 49.4 Å². The number of benzene rings is 6. The van der Waals surface area contributed by atoms with E-state index < -0.39 is 135 Å². The molecule has 0 unspecified atom stereocenters. The van der Waals surface area contributed by atoms with Crippen LogP contribution in [0.25, 0.3) is 5.57 Å². The van der Waals surface area contributed by atoms with Gasteiger partial charge in [-0.2, -0.15) is 0 Å². The van der Waals surface area contributed by atoms with E-state index in [4.69, 9.17) is 10.5 Å². The number of thioether (sulfide) groups is 1. The van der Waals surface area contributed by atoms with Crippen LogP contribution in [-0.4, -0.2) is 153 Å². The zero-order chi connectivity index (χ0) is 75.8. The number of ketones is 1. The molecule has 558 valence electrons. The smallest absolute Gasteiger partial charge is 0.407 e. The number of alkyl carbamates (subject to hydrolysis) is 1. The van der Waals surface area contributed by atoms with Gasteiger partial charge in [0.1, 0.15) is 47.6 Å². The second-order valence-electron chi connectivity index (χ2n) is 27.6. The number of hydrogen-bond acceptors (Lipinski definition) is 16. The lowest BCUT2D eigenvalue weighted by molar-refractivity contribution is -0.137. The van der Waals surface area contributed by atoms with E-state index >= 15 is 28.8 Å². The summed E-state index contributed by atoms with van der Waals surface area (Å²) in [5.74, 6) is -8.81. The van der Waals surface area contributed by atoms with Crippen LogP contribution in [0.1, 0.15) is 120 Å². The normalized spacial score (nSPS) is 19.6. The maximum Gasteiger partial charge on any atom is 0.407 e. The fraction of sp³-hybridized carbons (Fsp3) is 0.392. The first-order valence-corrected chi connectivity index (χ1v) is 38.5. The topological polar surface area (TPSA) is 355 Å². The van der Waals surface area contributed by atoms with E-state index in [1.54, 1.807) is 84.0 Å². The van der Waals surface area contributed by atoms with Gasteiger partial charge in [-0.1, -0.05) is 185 Å². The predicted molar refractivity (Wildman–Crippen MR) is 410 cm³/mol. The quantitative estimate of drug-likeness (QED) is 0.0147. The number of ether oxygens (including phenoxy) is 1. The first-order valence-electron chi connectivity index (χ1n) is 35.2. The molecule has 2 aliphatic rings. The molecule has 23 nitrogen and oxygen atoms in total. The van der Waals surface area contributed by atoms with Gasteiger partial charge in [0.15, 0.2) is 5.78 Å². The Balaban J connectivity index is 1.20. The zero-order valence-electron chi connectivity index (χ0n) is 60.1. The number of amides is 10. The monoisotopic (exact) mass is 1490 g/mol. The lowest BCUT2D eigenvalue weighted by Crippen LogP contribution is -2.63. The molecule has 9 atom stereocenters. The molecule has 1 aliphatic heterocycles. The number of carbonyl (C=O) groups excluding carboxylic acids is 10. The predicted octanol–water partition coefficient (Wildman–Crippen LogP) is 7.84. The van der Waals surface area contributed by atoms with Gasteiger partial charge in [-0.3, -0.25) is 38.4 Å². The van der Waals surface area contributed by atoms with E-state index in [0.29, 0.717) is 23.1 Å². The highest BCUT2D eigenvalue weighted by Crippen LogP contribution is 2.54. The van der Waals surface area contributed by atoms with Crippen molar-refractivity contribution < 1.29 is 62.9 Å². The van der Waals surface area contributed by atoms with Crippen LogP contribution >= 0.6 is 33.3 Å². The van der Waals surface area contributed by atoms with Gasteiger partial charge in [0.05, 0.1) is 16.9 Å². The Labute approximate surface area is 625 Å². The fourth-order valence-electron chi connectivity index (χ4n) is 12.6. The second-order valence-corrected chi connectivity index (χ2v) is 32.0. The number of rotatable bonds is 25. The van der Waals surface area contributed by atoms with Crippen molar-refractivity contribution in [1.29, 1.82) is 0 Å². The van der Waals surface area contributed by atoms with Crippen molar-refractivity contribution in [2.75, 3.05) is 24.6 Å². The summed E-state index contributed by atoms with van der Waals surface area (Å²) in [4.78, 5) is 147. The molecular weight excluding hydrogens is 1390 g/mol. The molecule has 6 aromatic carbocycles. The third-order valence-electron chi connectivity index (χ3n) is 17.9. The SMILES string of the molecule is CCNC(=O)N[C@H](Cc1ccccc1)C(=O)N[C@H]1CSSC[C@@H](C(=O)N[C@H](C(N)=O)C(C)(C)SC(c2ccccc2)(c2ccccc2)c2ccccc2)NC(=O)[C@H]([C@@H](C)O)NC(=O)[C@H](CCCCNC(=O)OC(C)(C)C)NC(=O)[C@@H](CC2=CCc3ccccc32)NC(=O)[C@H](Cc2ccc(O)cc2)CC1=O. The fourth-order valence-corrected chi connectivity index (χ4v) is 16.8. The number of Topliss-reactive ketones (excluding diaryl/α,β-unsaturated/α-hetero) is 1. The minimum Gasteiger partial charge on any atom is -0.508 e. The van der Waals surface area contributed by atoms with Crippen molar-refractivity contribution in [1.82, 2.24) is 47.9 Å². The van der Waals surface area contributed by atoms with Crippen molar-refractivity contribution in [2.24, 2.45) is 11.7 Å². The summed E-state index contributed by atoms with van der Waals surface area (Å²) in [7, 11) is 2.00. The molecule has 0 radical (unpaired) electrons. The maximum atomic E-state index is 15.5. The van der Waals surface area contributed by atoms with E-state index in [9.17, 15) is 29.4 Å². The van der Waals surface area contributed by atoms with Crippen LogP contribution in [0, 0.1) is 5.92 Å². The number of aliphatic hydroxyl groups excluding tert-OH is 1. The van der Waals surface area contributed by atoms with Crippen LogP contribution in [-0.2, 0) is 67.1 Å². The number of hydrogen-bond donors (Lipinski definition) is 12. The molecule has 0 saturated carbocycles. The molecule has 1 heterocycles. The third kappa shape index (κ3) is 23.4. The number of phenols is 1. The molecule has 10 amide bonds. The van der Waals surface area contributed by atoms with Crippen molar-refractivity contribution in [3.8, 4) is 5.75 Å². The summed E-state index contributed by atoms with van der Waals surface area (Å²) >= 11 is 1.37. The number of allylic oxidation sites excluding steroid dienone is 1.